The third-order valence-corrected chi connectivity index (χ3v) is 8.31. The maximum Gasteiger partial charge on any atom is 0.347 e. The first kappa shape index (κ1) is 31.6. The Bertz CT molecular complexity index is 2070. The third kappa shape index (κ3) is 5.97. The lowest BCUT2D eigenvalue weighted by Gasteiger charge is -2.38. The normalized spacial score (nSPS) is 15.6. The highest BCUT2D eigenvalue weighted by atomic mass is 16.6. The van der Waals surface area contributed by atoms with Crippen LogP contribution < -0.4 is 15.6 Å². The van der Waals surface area contributed by atoms with Crippen molar-refractivity contribution >= 4 is 62.8 Å². The average Bonchev–Trinajstić information content (AvgIpc) is 3.28. The Hall–Kier alpha value is -6.34. The summed E-state index contributed by atoms with van der Waals surface area (Å²) in [7, 11) is 0. The Labute approximate surface area is 274 Å². The molecule has 0 saturated carbocycles. The van der Waals surface area contributed by atoms with Gasteiger partial charge < -0.3 is 10.2 Å². The molecule has 6 rings (SSSR count). The van der Waals surface area contributed by atoms with Gasteiger partial charge in [0.25, 0.3) is 11.6 Å². The van der Waals surface area contributed by atoms with E-state index in [1.807, 2.05) is 60.7 Å². The summed E-state index contributed by atoms with van der Waals surface area (Å²) in [5.41, 5.74) is 2.41. The molecule has 0 aliphatic carbocycles. The molecule has 0 bridgehead atoms. The number of nitro benzene ring substituents is 1. The topological polar surface area (TPSA) is 161 Å². The van der Waals surface area contributed by atoms with Gasteiger partial charge in [0.05, 0.1) is 28.1 Å². The summed E-state index contributed by atoms with van der Waals surface area (Å²) in [4.78, 5) is 54.1. The molecule has 1 aliphatic heterocycles. The van der Waals surface area contributed by atoms with Crippen LogP contribution in [0.3, 0.4) is 0 Å². The number of nitrogens with zero attached hydrogens (tertiary/aromatic N) is 5. The summed E-state index contributed by atoms with van der Waals surface area (Å²) in [5, 5.41) is 32.9. The van der Waals surface area contributed by atoms with Crippen LogP contribution in [0.4, 0.5) is 26.7 Å². The molecule has 1 heterocycles. The number of hydrogen-bond acceptors (Lipinski definition) is 7. The summed E-state index contributed by atoms with van der Waals surface area (Å²) in [5.74, 6) is -0.641. The highest BCUT2D eigenvalue weighted by Gasteiger charge is 2.56. The maximum atomic E-state index is 14.3. The molecule has 0 radical (unpaired) electrons. The van der Waals surface area contributed by atoms with Crippen molar-refractivity contribution in [3.63, 3.8) is 0 Å². The molecule has 13 heteroatoms. The molecule has 1 aliphatic rings. The molecule has 1 atom stereocenters. The fourth-order valence-corrected chi connectivity index (χ4v) is 5.93. The second-order valence-electron chi connectivity index (χ2n) is 11.7. The van der Waals surface area contributed by atoms with Crippen LogP contribution in [0.15, 0.2) is 114 Å². The SMILES string of the molecule is CC1(C)C(N(O)C(=O)Nc2cccc3ccccc23)N(c2cccc3ccccc23)C(=O)N1CC(=O)NN=Cc1ccc([N+](=O)[O-])cc1. The summed E-state index contributed by atoms with van der Waals surface area (Å²) >= 11 is 0. The number of carbonyl (C=O) groups is 3. The molecule has 0 spiro atoms. The minimum absolute atomic E-state index is 0.0833. The van der Waals surface area contributed by atoms with Crippen LogP contribution >= 0.6 is 0 Å². The first-order valence-electron chi connectivity index (χ1n) is 15.0. The van der Waals surface area contributed by atoms with Crippen LogP contribution in [0.25, 0.3) is 21.5 Å². The van der Waals surface area contributed by atoms with Crippen molar-refractivity contribution in [2.45, 2.75) is 25.6 Å². The standard InChI is InChI=1S/C35H31N7O6/c1-35(2)32(41(46)33(44)37-29-15-7-11-24-9-3-5-13-27(24)29)40(30-16-8-12-25-10-4-6-14-28(25)30)34(45)39(35)22-31(43)38-36-21-23-17-19-26(20-18-23)42(47)48/h3-21,32,46H,22H2,1-2H3,(H,37,44)(H,38,43). The molecule has 5 aromatic rings. The number of fused-ring (bicyclic) bond motifs is 2. The summed E-state index contributed by atoms with van der Waals surface area (Å²) in [6.07, 6.45) is 0.0406. The smallest absolute Gasteiger partial charge is 0.306 e. The maximum absolute atomic E-state index is 14.3. The predicted octanol–water partition coefficient (Wildman–Crippen LogP) is 6.32. The Balaban J connectivity index is 1.30. The lowest BCUT2D eigenvalue weighted by Crippen LogP contribution is -2.58. The molecule has 242 valence electrons. The lowest BCUT2D eigenvalue weighted by molar-refractivity contribution is -0.384. The number of carbonyl (C=O) groups excluding carboxylic acids is 3. The van der Waals surface area contributed by atoms with E-state index in [1.165, 1.54) is 40.3 Å². The highest BCUT2D eigenvalue weighted by molar-refractivity contribution is 6.07. The quantitative estimate of drug-likeness (QED) is 0.0775. The minimum Gasteiger partial charge on any atom is -0.306 e. The molecule has 1 saturated heterocycles. The number of hydrazone groups is 1. The average molecular weight is 646 g/mol. The van der Waals surface area contributed by atoms with Crippen molar-refractivity contribution in [2.75, 3.05) is 16.8 Å². The van der Waals surface area contributed by atoms with Crippen molar-refractivity contribution in [3.8, 4) is 0 Å². The van der Waals surface area contributed by atoms with E-state index in [0.29, 0.717) is 27.4 Å². The molecule has 1 fully saturated rings. The fourth-order valence-electron chi connectivity index (χ4n) is 5.93. The zero-order valence-electron chi connectivity index (χ0n) is 26.0. The van der Waals surface area contributed by atoms with Gasteiger partial charge in [-0.3, -0.25) is 25.0 Å². The molecular weight excluding hydrogens is 614 g/mol. The number of nitro groups is 1. The second-order valence-corrected chi connectivity index (χ2v) is 11.7. The number of rotatable bonds is 8. The van der Waals surface area contributed by atoms with Crippen LogP contribution in [0.2, 0.25) is 0 Å². The van der Waals surface area contributed by atoms with E-state index in [-0.39, 0.29) is 5.69 Å². The van der Waals surface area contributed by atoms with E-state index < -0.39 is 41.1 Å². The lowest BCUT2D eigenvalue weighted by atomic mass is 9.99. The zero-order chi connectivity index (χ0) is 34.0. The molecule has 0 aromatic heterocycles. The summed E-state index contributed by atoms with van der Waals surface area (Å²) in [6.45, 7) is 2.85. The molecule has 5 amide bonds. The van der Waals surface area contributed by atoms with E-state index in [4.69, 9.17) is 0 Å². The Kier molecular flexibility index (Phi) is 8.44. The van der Waals surface area contributed by atoms with Crippen molar-refractivity contribution in [1.82, 2.24) is 15.4 Å². The zero-order valence-corrected chi connectivity index (χ0v) is 26.0. The van der Waals surface area contributed by atoms with E-state index in [9.17, 15) is 29.7 Å². The molecule has 5 aromatic carbocycles. The van der Waals surface area contributed by atoms with Gasteiger partial charge in [-0.25, -0.2) is 15.0 Å². The van der Waals surface area contributed by atoms with E-state index in [1.54, 1.807) is 38.1 Å². The number of hydroxylamine groups is 2. The minimum atomic E-state index is -1.31. The van der Waals surface area contributed by atoms with Crippen molar-refractivity contribution in [1.29, 1.82) is 0 Å². The van der Waals surface area contributed by atoms with Gasteiger partial charge in [0.15, 0.2) is 6.17 Å². The van der Waals surface area contributed by atoms with Gasteiger partial charge in [0.2, 0.25) is 0 Å². The van der Waals surface area contributed by atoms with Crippen LogP contribution in [-0.4, -0.2) is 62.5 Å². The predicted molar refractivity (Wildman–Crippen MR) is 182 cm³/mol. The van der Waals surface area contributed by atoms with Gasteiger partial charge >= 0.3 is 12.1 Å². The Morgan fingerprint density at radius 1 is 0.917 bits per heavy atom. The number of urea groups is 2. The van der Waals surface area contributed by atoms with Crippen LogP contribution in [-0.2, 0) is 4.79 Å². The van der Waals surface area contributed by atoms with Crippen molar-refractivity contribution in [2.24, 2.45) is 5.10 Å². The number of non-ortho nitro benzene ring substituents is 1. The third-order valence-electron chi connectivity index (χ3n) is 8.31. The van der Waals surface area contributed by atoms with Gasteiger partial charge in [-0.2, -0.15) is 10.2 Å². The van der Waals surface area contributed by atoms with Gasteiger partial charge in [0, 0.05) is 22.9 Å². The van der Waals surface area contributed by atoms with Gasteiger partial charge in [-0.05, 0) is 54.4 Å². The number of amides is 5. The molecule has 1 unspecified atom stereocenters. The number of anilines is 2. The summed E-state index contributed by atoms with van der Waals surface area (Å²) in [6, 6.07) is 29.8. The largest absolute Gasteiger partial charge is 0.347 e. The molecule has 13 nitrogen and oxygen atoms in total. The van der Waals surface area contributed by atoms with E-state index in [0.717, 1.165) is 16.2 Å². The molecule has 48 heavy (non-hydrogen) atoms. The fraction of sp³-hybridized carbons (Fsp3) is 0.143. The van der Waals surface area contributed by atoms with E-state index in [2.05, 4.69) is 15.8 Å². The first-order chi connectivity index (χ1) is 23.1. The van der Waals surface area contributed by atoms with Crippen molar-refractivity contribution < 1.29 is 24.5 Å². The van der Waals surface area contributed by atoms with E-state index >= 15 is 0 Å². The molecule has 3 N–H and O–H groups in total. The van der Waals surface area contributed by atoms with Gasteiger partial charge in [-0.1, -0.05) is 72.8 Å². The highest BCUT2D eigenvalue weighted by Crippen LogP contribution is 2.40. The summed E-state index contributed by atoms with van der Waals surface area (Å²) < 4.78 is 0. The van der Waals surface area contributed by atoms with Crippen LogP contribution in [0, 0.1) is 10.1 Å². The Morgan fingerprint density at radius 2 is 1.52 bits per heavy atom. The Morgan fingerprint density at radius 3 is 2.21 bits per heavy atom. The van der Waals surface area contributed by atoms with Crippen LogP contribution in [0.5, 0.6) is 0 Å². The number of hydrogen-bond donors (Lipinski definition) is 3. The number of benzene rings is 5. The second kappa shape index (κ2) is 12.8. The number of nitrogens with one attached hydrogen (secondary N) is 2. The monoisotopic (exact) mass is 645 g/mol. The van der Waals surface area contributed by atoms with Gasteiger partial charge in [0.1, 0.15) is 6.54 Å². The van der Waals surface area contributed by atoms with Gasteiger partial charge in [-0.15, -0.1) is 0 Å². The first-order valence-corrected chi connectivity index (χ1v) is 15.0. The van der Waals surface area contributed by atoms with Crippen molar-refractivity contribution in [3.05, 3.63) is 125 Å². The van der Waals surface area contributed by atoms with Crippen LogP contribution in [0.1, 0.15) is 19.4 Å². The molecular formula is C35H31N7O6.